The van der Waals surface area contributed by atoms with Crippen molar-refractivity contribution in [3.8, 4) is 0 Å². The molecule has 1 atom stereocenters. The molecule has 1 N–H and O–H groups in total. The molecule has 1 aromatic heterocycles. The number of Topliss-reactive ketones (excluding diaryl/α,β-unsaturated/α-hetero) is 1. The van der Waals surface area contributed by atoms with Gasteiger partial charge in [-0.2, -0.15) is 0 Å². The van der Waals surface area contributed by atoms with Gasteiger partial charge in [0, 0.05) is 23.9 Å². The van der Waals surface area contributed by atoms with E-state index in [-0.39, 0.29) is 17.7 Å². The molecule has 2 fully saturated rings. The number of oxime groups is 1. The van der Waals surface area contributed by atoms with E-state index in [1.54, 1.807) is 44.3 Å². The van der Waals surface area contributed by atoms with Gasteiger partial charge in [-0.05, 0) is 75.8 Å². The minimum atomic E-state index is -0.952. The summed E-state index contributed by atoms with van der Waals surface area (Å²) in [5, 5.41) is 7.39. The Morgan fingerprint density at radius 2 is 1.94 bits per heavy atom. The first-order valence-corrected chi connectivity index (χ1v) is 11.4. The maximum atomic E-state index is 13.8. The summed E-state index contributed by atoms with van der Waals surface area (Å²) in [5.74, 6) is 1.04. The van der Waals surface area contributed by atoms with Gasteiger partial charge >= 0.3 is 0 Å². The Kier molecular flexibility index (Phi) is 5.29. The highest BCUT2D eigenvalue weighted by Crippen LogP contribution is 2.44. The standard InChI is InChI=1S/C25H28N4O3/c1-25(2)22(30)21(28-32-25)17-9-11-18(12-10-17)24(31)29(19-5-3-13-26-15-19)23-20(16-7-8-16)6-4-14-27-23/h4,6,9-12,14,16,19,26H,3,5,7-8,13,15H2,1-2H3. The lowest BCUT2D eigenvalue weighted by Gasteiger charge is -2.35. The number of ketones is 1. The fourth-order valence-electron chi connectivity index (χ4n) is 4.43. The number of anilines is 1. The molecule has 1 unspecified atom stereocenters. The van der Waals surface area contributed by atoms with Crippen molar-refractivity contribution in [2.24, 2.45) is 5.16 Å². The maximum absolute atomic E-state index is 13.8. The third kappa shape index (κ3) is 3.81. The third-order valence-corrected chi connectivity index (χ3v) is 6.45. The zero-order valence-corrected chi connectivity index (χ0v) is 18.5. The van der Waals surface area contributed by atoms with Gasteiger partial charge in [-0.25, -0.2) is 4.98 Å². The number of aromatic nitrogens is 1. The SMILES string of the molecule is CC1(C)ON=C(c2ccc(C(=O)N(c3ncccc3C3CC3)C3CCCNC3)cc2)C1=O. The first-order valence-electron chi connectivity index (χ1n) is 11.4. The lowest BCUT2D eigenvalue weighted by Crippen LogP contribution is -2.49. The number of rotatable bonds is 5. The van der Waals surface area contributed by atoms with Crippen LogP contribution in [0.2, 0.25) is 0 Å². The Morgan fingerprint density at radius 3 is 2.56 bits per heavy atom. The molecule has 1 aliphatic carbocycles. The van der Waals surface area contributed by atoms with Gasteiger partial charge in [0.05, 0.1) is 6.04 Å². The molecule has 0 radical (unpaired) electrons. The van der Waals surface area contributed by atoms with Crippen LogP contribution in [0.4, 0.5) is 5.82 Å². The van der Waals surface area contributed by atoms with E-state index in [0.29, 0.717) is 22.8 Å². The van der Waals surface area contributed by atoms with E-state index < -0.39 is 5.60 Å². The number of pyridine rings is 1. The van der Waals surface area contributed by atoms with Crippen LogP contribution in [0.5, 0.6) is 0 Å². The Morgan fingerprint density at radius 1 is 1.16 bits per heavy atom. The van der Waals surface area contributed by atoms with Crippen molar-refractivity contribution in [1.29, 1.82) is 0 Å². The van der Waals surface area contributed by atoms with Crippen molar-refractivity contribution in [2.45, 2.75) is 57.1 Å². The smallest absolute Gasteiger partial charge is 0.259 e. The van der Waals surface area contributed by atoms with Crippen molar-refractivity contribution < 1.29 is 14.4 Å². The second-order valence-corrected chi connectivity index (χ2v) is 9.31. The summed E-state index contributed by atoms with van der Waals surface area (Å²) in [6.07, 6.45) is 6.03. The molecule has 32 heavy (non-hydrogen) atoms. The van der Waals surface area contributed by atoms with Gasteiger partial charge in [0.25, 0.3) is 5.91 Å². The van der Waals surface area contributed by atoms with Gasteiger partial charge in [-0.1, -0.05) is 23.4 Å². The normalized spacial score (nSPS) is 22.2. The van der Waals surface area contributed by atoms with Crippen LogP contribution in [-0.4, -0.2) is 47.1 Å². The van der Waals surface area contributed by atoms with Gasteiger partial charge in [-0.15, -0.1) is 0 Å². The largest absolute Gasteiger partial charge is 0.381 e. The predicted molar refractivity (Wildman–Crippen MR) is 122 cm³/mol. The number of carbonyl (C=O) groups excluding carboxylic acids is 2. The molecule has 1 aromatic carbocycles. The molecule has 5 rings (SSSR count). The molecule has 3 heterocycles. The van der Waals surface area contributed by atoms with Gasteiger partial charge in [0.2, 0.25) is 5.78 Å². The van der Waals surface area contributed by atoms with E-state index in [0.717, 1.165) is 50.2 Å². The van der Waals surface area contributed by atoms with E-state index in [2.05, 4.69) is 21.5 Å². The van der Waals surface area contributed by atoms with Crippen molar-refractivity contribution >= 4 is 23.2 Å². The van der Waals surface area contributed by atoms with Crippen LogP contribution < -0.4 is 10.2 Å². The Balaban J connectivity index is 1.46. The molecule has 166 valence electrons. The predicted octanol–water partition coefficient (Wildman–Crippen LogP) is 3.44. The summed E-state index contributed by atoms with van der Waals surface area (Å²) in [4.78, 5) is 38.1. The lowest BCUT2D eigenvalue weighted by molar-refractivity contribution is -0.128. The van der Waals surface area contributed by atoms with Crippen LogP contribution in [0.25, 0.3) is 0 Å². The van der Waals surface area contributed by atoms with Crippen molar-refractivity contribution in [1.82, 2.24) is 10.3 Å². The molecule has 1 amide bonds. The highest BCUT2D eigenvalue weighted by atomic mass is 16.7. The molecule has 1 saturated carbocycles. The maximum Gasteiger partial charge on any atom is 0.259 e. The summed E-state index contributed by atoms with van der Waals surface area (Å²) in [7, 11) is 0. The first kappa shape index (κ1) is 20.8. The number of hydrogen-bond acceptors (Lipinski definition) is 6. The second-order valence-electron chi connectivity index (χ2n) is 9.31. The first-order chi connectivity index (χ1) is 15.5. The molecule has 0 spiro atoms. The fourth-order valence-corrected chi connectivity index (χ4v) is 4.43. The van der Waals surface area contributed by atoms with Gasteiger partial charge in [0.15, 0.2) is 11.3 Å². The summed E-state index contributed by atoms with van der Waals surface area (Å²) >= 11 is 0. The number of benzene rings is 1. The minimum Gasteiger partial charge on any atom is -0.381 e. The fraction of sp³-hybridized carbons (Fsp3) is 0.440. The van der Waals surface area contributed by atoms with Crippen LogP contribution in [0.1, 0.15) is 66.9 Å². The van der Waals surface area contributed by atoms with Gasteiger partial charge in [0.1, 0.15) is 5.82 Å². The van der Waals surface area contributed by atoms with Crippen LogP contribution in [-0.2, 0) is 9.63 Å². The molecule has 0 bridgehead atoms. The van der Waals surface area contributed by atoms with Crippen molar-refractivity contribution in [3.63, 3.8) is 0 Å². The van der Waals surface area contributed by atoms with E-state index >= 15 is 0 Å². The summed E-state index contributed by atoms with van der Waals surface area (Å²) < 4.78 is 0. The van der Waals surface area contributed by atoms with Crippen LogP contribution in [0.3, 0.4) is 0 Å². The monoisotopic (exact) mass is 432 g/mol. The number of nitrogens with one attached hydrogen (secondary N) is 1. The third-order valence-electron chi connectivity index (χ3n) is 6.45. The van der Waals surface area contributed by atoms with Gasteiger partial charge in [-0.3, -0.25) is 14.5 Å². The molecule has 3 aliphatic rings. The van der Waals surface area contributed by atoms with E-state index in [9.17, 15) is 9.59 Å². The van der Waals surface area contributed by atoms with Crippen LogP contribution in [0, 0.1) is 0 Å². The number of nitrogens with zero attached hydrogens (tertiary/aromatic N) is 3. The molecular formula is C25H28N4O3. The van der Waals surface area contributed by atoms with Crippen LogP contribution in [0.15, 0.2) is 47.8 Å². The average molecular weight is 433 g/mol. The highest BCUT2D eigenvalue weighted by molar-refractivity contribution is 6.49. The second kappa shape index (κ2) is 8.13. The molecule has 7 nitrogen and oxygen atoms in total. The van der Waals surface area contributed by atoms with Crippen LogP contribution >= 0.6 is 0 Å². The highest BCUT2D eigenvalue weighted by Gasteiger charge is 2.40. The van der Waals surface area contributed by atoms with Gasteiger partial charge < -0.3 is 10.2 Å². The van der Waals surface area contributed by atoms with E-state index in [1.165, 1.54) is 0 Å². The number of piperidine rings is 1. The molecule has 1 saturated heterocycles. The quantitative estimate of drug-likeness (QED) is 0.783. The Hall–Kier alpha value is -3.06. The number of hydrogen-bond donors (Lipinski definition) is 1. The topological polar surface area (TPSA) is 83.9 Å². The zero-order valence-electron chi connectivity index (χ0n) is 18.5. The van der Waals surface area contributed by atoms with Crippen molar-refractivity contribution in [2.75, 3.05) is 18.0 Å². The number of amides is 1. The summed E-state index contributed by atoms with van der Waals surface area (Å²) in [6.45, 7) is 5.12. The minimum absolute atomic E-state index is 0.0540. The molecule has 2 aliphatic heterocycles. The Labute approximate surface area is 187 Å². The zero-order chi connectivity index (χ0) is 22.3. The Bertz CT molecular complexity index is 1070. The molecule has 2 aromatic rings. The number of carbonyl (C=O) groups is 2. The lowest BCUT2D eigenvalue weighted by atomic mass is 9.95. The van der Waals surface area contributed by atoms with E-state index in [4.69, 9.17) is 4.84 Å². The molecular weight excluding hydrogens is 404 g/mol. The molecule has 7 heteroatoms. The summed E-state index contributed by atoms with van der Waals surface area (Å²) in [5.41, 5.74) is 1.72. The van der Waals surface area contributed by atoms with Crippen molar-refractivity contribution in [3.05, 3.63) is 59.3 Å². The van der Waals surface area contributed by atoms with E-state index in [1.807, 2.05) is 11.0 Å². The average Bonchev–Trinajstić information content (AvgIpc) is 3.62. The summed E-state index contributed by atoms with van der Waals surface area (Å²) in [6, 6.07) is 11.2.